The fourth-order valence-electron chi connectivity index (χ4n) is 3.95. The zero-order valence-electron chi connectivity index (χ0n) is 21.4. The Balaban J connectivity index is 0.00000441. The maximum Gasteiger partial charge on any atom is 0.260 e. The van der Waals surface area contributed by atoms with E-state index in [2.05, 4.69) is 21.7 Å². The number of ether oxygens (including phenoxy) is 1. The van der Waals surface area contributed by atoms with Crippen molar-refractivity contribution in [1.29, 1.82) is 5.26 Å². The van der Waals surface area contributed by atoms with Crippen LogP contribution in [0.2, 0.25) is 0 Å². The van der Waals surface area contributed by atoms with Gasteiger partial charge in [-0.15, -0.1) is 12.4 Å². The van der Waals surface area contributed by atoms with Crippen LogP contribution in [0.15, 0.2) is 72.8 Å². The summed E-state index contributed by atoms with van der Waals surface area (Å²) in [5.74, 6) is -1.36. The van der Waals surface area contributed by atoms with Gasteiger partial charge in [-0.1, -0.05) is 24.3 Å². The standard InChI is InChI=1S/C29H24FN5O4.ClH/c1-29(32,16-36)35-19-7-5-6-17(12-19)22-14-24(20-11-10-18(30)13-25(20)37)33-27(23(22)15-31)34-28(38)21-8-3-4-9-26(21)39-2;/h3-14,16,35,37H,32H2,1-2H3,(H,33,34,38);1H/t29-;/m0./s1. The molecule has 3 aromatic carbocycles. The Morgan fingerprint density at radius 1 is 1.12 bits per heavy atom. The summed E-state index contributed by atoms with van der Waals surface area (Å²) in [4.78, 5) is 29.0. The van der Waals surface area contributed by atoms with Gasteiger partial charge in [-0.25, -0.2) is 9.37 Å². The first kappa shape index (κ1) is 29.6. The predicted molar refractivity (Wildman–Crippen MR) is 152 cm³/mol. The number of nitrogens with two attached hydrogens (primary N) is 1. The number of nitrogens with one attached hydrogen (secondary N) is 2. The van der Waals surface area contributed by atoms with Crippen LogP contribution in [0.25, 0.3) is 22.4 Å². The number of aromatic nitrogens is 1. The number of para-hydroxylation sites is 1. The minimum atomic E-state index is -1.34. The van der Waals surface area contributed by atoms with Gasteiger partial charge in [0, 0.05) is 22.9 Å². The number of aldehydes is 1. The molecule has 5 N–H and O–H groups in total. The van der Waals surface area contributed by atoms with Crippen LogP contribution >= 0.6 is 12.4 Å². The molecule has 0 fully saturated rings. The molecule has 0 saturated heterocycles. The molecule has 1 aromatic heterocycles. The number of amides is 1. The van der Waals surface area contributed by atoms with E-state index in [1.807, 2.05) is 0 Å². The highest BCUT2D eigenvalue weighted by Gasteiger charge is 2.22. The van der Waals surface area contributed by atoms with Crippen LogP contribution < -0.4 is 21.1 Å². The average Bonchev–Trinajstić information content (AvgIpc) is 2.92. The van der Waals surface area contributed by atoms with E-state index >= 15 is 0 Å². The van der Waals surface area contributed by atoms with Crippen LogP contribution in [-0.2, 0) is 4.79 Å². The van der Waals surface area contributed by atoms with Gasteiger partial charge in [-0.05, 0) is 55.0 Å². The molecule has 0 bridgehead atoms. The molecule has 0 spiro atoms. The van der Waals surface area contributed by atoms with E-state index in [9.17, 15) is 24.3 Å². The number of methoxy groups -OCH3 is 1. The number of pyridine rings is 1. The topological polar surface area (TPSA) is 150 Å². The molecule has 4 rings (SSSR count). The molecule has 11 heteroatoms. The summed E-state index contributed by atoms with van der Waals surface area (Å²) in [5, 5.41) is 26.2. The summed E-state index contributed by atoms with van der Waals surface area (Å²) in [7, 11) is 1.43. The zero-order valence-corrected chi connectivity index (χ0v) is 22.3. The number of nitrogens with zero attached hydrogens (tertiary/aromatic N) is 2. The first-order valence-electron chi connectivity index (χ1n) is 11.7. The number of carbonyl (C=O) groups excluding carboxylic acids is 2. The van der Waals surface area contributed by atoms with Crippen molar-refractivity contribution in [3.8, 4) is 40.0 Å². The van der Waals surface area contributed by atoms with Crippen molar-refractivity contribution in [3.63, 3.8) is 0 Å². The van der Waals surface area contributed by atoms with E-state index in [0.717, 1.165) is 12.1 Å². The molecule has 40 heavy (non-hydrogen) atoms. The summed E-state index contributed by atoms with van der Waals surface area (Å²) in [6, 6.07) is 20.4. The predicted octanol–water partition coefficient (Wildman–Crippen LogP) is 5.10. The number of phenols is 1. The monoisotopic (exact) mass is 561 g/mol. The lowest BCUT2D eigenvalue weighted by Crippen LogP contribution is -2.46. The fraction of sp³-hybridized carbons (Fsp3) is 0.103. The van der Waals surface area contributed by atoms with E-state index in [4.69, 9.17) is 10.5 Å². The molecule has 1 atom stereocenters. The van der Waals surface area contributed by atoms with E-state index in [1.54, 1.807) is 54.6 Å². The van der Waals surface area contributed by atoms with Crippen LogP contribution in [0.4, 0.5) is 15.9 Å². The highest BCUT2D eigenvalue weighted by atomic mass is 35.5. The van der Waals surface area contributed by atoms with Crippen LogP contribution in [0.3, 0.4) is 0 Å². The molecule has 0 aliphatic carbocycles. The SMILES string of the molecule is COc1ccccc1C(=O)Nc1nc(-c2ccc(F)cc2O)cc(-c2cccc(N[C@](C)(N)C=O)c2)c1C#N.Cl. The van der Waals surface area contributed by atoms with Crippen LogP contribution in [0, 0.1) is 17.1 Å². The van der Waals surface area contributed by atoms with Crippen molar-refractivity contribution >= 4 is 36.1 Å². The van der Waals surface area contributed by atoms with Gasteiger partial charge in [0.25, 0.3) is 5.91 Å². The second-order valence-electron chi connectivity index (χ2n) is 8.81. The Kier molecular flexibility index (Phi) is 9.06. The number of phenolic OH excluding ortho intramolecular Hbond substituents is 1. The zero-order chi connectivity index (χ0) is 28.2. The lowest BCUT2D eigenvalue weighted by atomic mass is 9.97. The summed E-state index contributed by atoms with van der Waals surface area (Å²) in [5.41, 5.74) is 6.56. The number of hydrogen-bond donors (Lipinski definition) is 4. The fourth-order valence-corrected chi connectivity index (χ4v) is 3.95. The molecule has 1 heterocycles. The van der Waals surface area contributed by atoms with Crippen molar-refractivity contribution in [2.75, 3.05) is 17.7 Å². The second kappa shape index (κ2) is 12.3. The number of halogens is 2. The minimum absolute atomic E-state index is 0. The lowest BCUT2D eigenvalue weighted by molar-refractivity contribution is -0.111. The summed E-state index contributed by atoms with van der Waals surface area (Å²) in [6.07, 6.45) is 0.563. The highest BCUT2D eigenvalue weighted by Crippen LogP contribution is 2.37. The molecular formula is C29H25ClFN5O4. The minimum Gasteiger partial charge on any atom is -0.507 e. The van der Waals surface area contributed by atoms with Gasteiger partial charge in [-0.2, -0.15) is 5.26 Å². The van der Waals surface area contributed by atoms with Crippen molar-refractivity contribution < 1.29 is 23.8 Å². The lowest BCUT2D eigenvalue weighted by Gasteiger charge is -2.21. The van der Waals surface area contributed by atoms with Gasteiger partial charge in [0.05, 0.1) is 18.4 Å². The van der Waals surface area contributed by atoms with Crippen molar-refractivity contribution in [2.45, 2.75) is 12.6 Å². The second-order valence-corrected chi connectivity index (χ2v) is 8.81. The first-order valence-corrected chi connectivity index (χ1v) is 11.7. The molecular weight excluding hydrogens is 537 g/mol. The largest absolute Gasteiger partial charge is 0.507 e. The maximum absolute atomic E-state index is 13.7. The number of carbonyl (C=O) groups is 2. The first-order chi connectivity index (χ1) is 18.7. The van der Waals surface area contributed by atoms with Gasteiger partial charge in [0.1, 0.15) is 34.6 Å². The summed E-state index contributed by atoms with van der Waals surface area (Å²) in [6.45, 7) is 1.50. The van der Waals surface area contributed by atoms with Crippen LogP contribution in [0.5, 0.6) is 11.5 Å². The Morgan fingerprint density at radius 3 is 2.55 bits per heavy atom. The highest BCUT2D eigenvalue weighted by molar-refractivity contribution is 6.07. The number of aromatic hydroxyl groups is 1. The number of hydrogen-bond acceptors (Lipinski definition) is 8. The van der Waals surface area contributed by atoms with Gasteiger partial charge in [-0.3, -0.25) is 9.59 Å². The molecule has 4 aromatic rings. The number of rotatable bonds is 8. The summed E-state index contributed by atoms with van der Waals surface area (Å²) >= 11 is 0. The third-order valence-electron chi connectivity index (χ3n) is 5.78. The third-order valence-corrected chi connectivity index (χ3v) is 5.78. The number of benzene rings is 3. The van der Waals surface area contributed by atoms with E-state index in [0.29, 0.717) is 28.8 Å². The molecule has 204 valence electrons. The van der Waals surface area contributed by atoms with E-state index in [1.165, 1.54) is 20.1 Å². The van der Waals surface area contributed by atoms with Crippen LogP contribution in [0.1, 0.15) is 22.8 Å². The number of anilines is 2. The van der Waals surface area contributed by atoms with Gasteiger partial charge >= 0.3 is 0 Å². The molecule has 1 amide bonds. The molecule has 0 aliphatic heterocycles. The van der Waals surface area contributed by atoms with Gasteiger partial charge < -0.3 is 26.2 Å². The Morgan fingerprint density at radius 2 is 1.88 bits per heavy atom. The third kappa shape index (κ3) is 6.35. The molecule has 9 nitrogen and oxygen atoms in total. The van der Waals surface area contributed by atoms with Crippen LogP contribution in [-0.4, -0.2) is 35.1 Å². The van der Waals surface area contributed by atoms with E-state index in [-0.39, 0.29) is 46.4 Å². The summed E-state index contributed by atoms with van der Waals surface area (Å²) < 4.78 is 19.0. The normalized spacial score (nSPS) is 11.8. The van der Waals surface area contributed by atoms with Crippen molar-refractivity contribution in [2.24, 2.45) is 5.73 Å². The quantitative estimate of drug-likeness (QED) is 0.171. The van der Waals surface area contributed by atoms with Gasteiger partial charge in [0.2, 0.25) is 0 Å². The maximum atomic E-state index is 13.7. The molecule has 0 aliphatic rings. The van der Waals surface area contributed by atoms with Gasteiger partial charge in [0.15, 0.2) is 12.1 Å². The Labute approximate surface area is 235 Å². The Hall–Kier alpha value is -4.98. The average molecular weight is 562 g/mol. The Bertz CT molecular complexity index is 1620. The van der Waals surface area contributed by atoms with Crippen molar-refractivity contribution in [1.82, 2.24) is 4.98 Å². The van der Waals surface area contributed by atoms with E-state index < -0.39 is 17.4 Å². The van der Waals surface area contributed by atoms with Crippen molar-refractivity contribution in [3.05, 3.63) is 89.7 Å². The molecule has 0 saturated carbocycles. The molecule has 0 unspecified atom stereocenters. The molecule has 0 radical (unpaired) electrons. The smallest absolute Gasteiger partial charge is 0.260 e. The number of nitriles is 1.